The molecule has 0 aliphatic carbocycles. The van der Waals surface area contributed by atoms with Gasteiger partial charge < -0.3 is 5.32 Å². The zero-order chi connectivity index (χ0) is 13.1. The molecule has 1 saturated heterocycles. The fraction of sp³-hybridized carbons (Fsp3) is 0.438. The summed E-state index contributed by atoms with van der Waals surface area (Å²) in [6.07, 6.45) is 3.66. The van der Waals surface area contributed by atoms with E-state index >= 15 is 0 Å². The summed E-state index contributed by atoms with van der Waals surface area (Å²) in [5.74, 6) is 0.995. The zero-order valence-corrected chi connectivity index (χ0v) is 11.8. The van der Waals surface area contributed by atoms with Gasteiger partial charge in [0.25, 0.3) is 0 Å². The molecule has 0 unspecified atom stereocenters. The standard InChI is InChI=1S/C16H19NOS/c18-14(9-12-5-7-17-8-6-12)10-13-11-19-16-4-2-1-3-15(13)16/h1-4,11-12,17H,5-10H2. The second kappa shape index (κ2) is 5.85. The van der Waals surface area contributed by atoms with Crippen LogP contribution in [0.2, 0.25) is 0 Å². The van der Waals surface area contributed by atoms with E-state index in [-0.39, 0.29) is 0 Å². The number of benzene rings is 1. The lowest BCUT2D eigenvalue weighted by molar-refractivity contribution is -0.119. The van der Waals surface area contributed by atoms with Crippen LogP contribution in [0.4, 0.5) is 0 Å². The van der Waals surface area contributed by atoms with Crippen LogP contribution in [-0.4, -0.2) is 18.9 Å². The van der Waals surface area contributed by atoms with Gasteiger partial charge in [-0.3, -0.25) is 4.79 Å². The molecule has 2 aromatic rings. The Hall–Kier alpha value is -1.19. The van der Waals surface area contributed by atoms with E-state index < -0.39 is 0 Å². The van der Waals surface area contributed by atoms with Crippen molar-refractivity contribution in [2.45, 2.75) is 25.7 Å². The Bertz CT molecular complexity index is 569. The van der Waals surface area contributed by atoms with Gasteiger partial charge in [0.1, 0.15) is 5.78 Å². The molecule has 2 heterocycles. The summed E-state index contributed by atoms with van der Waals surface area (Å²) < 4.78 is 1.28. The van der Waals surface area contributed by atoms with Crippen molar-refractivity contribution in [1.82, 2.24) is 5.32 Å². The summed E-state index contributed by atoms with van der Waals surface area (Å²) in [7, 11) is 0. The molecule has 0 spiro atoms. The smallest absolute Gasteiger partial charge is 0.137 e. The van der Waals surface area contributed by atoms with E-state index in [4.69, 9.17) is 0 Å². The van der Waals surface area contributed by atoms with Crippen LogP contribution in [0.5, 0.6) is 0 Å². The summed E-state index contributed by atoms with van der Waals surface area (Å²) in [4.78, 5) is 12.2. The number of ketones is 1. The molecule has 1 fully saturated rings. The van der Waals surface area contributed by atoms with E-state index in [2.05, 4.69) is 35.0 Å². The van der Waals surface area contributed by atoms with Crippen molar-refractivity contribution in [3.8, 4) is 0 Å². The number of thiophene rings is 1. The number of nitrogens with one attached hydrogen (secondary N) is 1. The van der Waals surface area contributed by atoms with Gasteiger partial charge in [-0.15, -0.1) is 11.3 Å². The highest BCUT2D eigenvalue weighted by Gasteiger charge is 2.17. The van der Waals surface area contributed by atoms with E-state index in [9.17, 15) is 4.79 Å². The summed E-state index contributed by atoms with van der Waals surface area (Å²) in [6.45, 7) is 2.14. The highest BCUT2D eigenvalue weighted by Crippen LogP contribution is 2.27. The second-order valence-electron chi connectivity index (χ2n) is 5.37. The highest BCUT2D eigenvalue weighted by atomic mass is 32.1. The predicted molar refractivity (Wildman–Crippen MR) is 80.7 cm³/mol. The van der Waals surface area contributed by atoms with Crippen LogP contribution in [0.1, 0.15) is 24.8 Å². The van der Waals surface area contributed by atoms with Gasteiger partial charge in [0.05, 0.1) is 0 Å². The first-order chi connectivity index (χ1) is 9.33. The van der Waals surface area contributed by atoms with Crippen molar-refractivity contribution in [2.75, 3.05) is 13.1 Å². The Morgan fingerprint density at radius 2 is 2.05 bits per heavy atom. The van der Waals surface area contributed by atoms with Gasteiger partial charge in [0, 0.05) is 17.5 Å². The first-order valence-electron chi connectivity index (χ1n) is 7.00. The molecule has 0 amide bonds. The Labute approximate surface area is 117 Å². The average Bonchev–Trinajstić information content (AvgIpc) is 2.83. The minimum Gasteiger partial charge on any atom is -0.317 e. The maximum absolute atomic E-state index is 12.2. The van der Waals surface area contributed by atoms with Gasteiger partial charge in [0.15, 0.2) is 0 Å². The number of hydrogen-bond acceptors (Lipinski definition) is 3. The minimum atomic E-state index is 0.399. The lowest BCUT2D eigenvalue weighted by atomic mass is 9.91. The SMILES string of the molecule is O=C(Cc1csc2ccccc12)CC1CCNCC1. The fourth-order valence-corrected chi connectivity index (χ4v) is 3.82. The first-order valence-corrected chi connectivity index (χ1v) is 7.88. The molecule has 1 aromatic carbocycles. The summed E-state index contributed by atoms with van der Waals surface area (Å²) in [6, 6.07) is 8.36. The molecule has 19 heavy (non-hydrogen) atoms. The van der Waals surface area contributed by atoms with Crippen LogP contribution in [0.25, 0.3) is 10.1 Å². The third kappa shape index (κ3) is 3.04. The lowest BCUT2D eigenvalue weighted by Gasteiger charge is -2.21. The van der Waals surface area contributed by atoms with Crippen LogP contribution in [0.3, 0.4) is 0 Å². The number of carbonyl (C=O) groups is 1. The van der Waals surface area contributed by atoms with Gasteiger partial charge in [-0.2, -0.15) is 0 Å². The zero-order valence-electron chi connectivity index (χ0n) is 11.0. The quantitative estimate of drug-likeness (QED) is 0.925. The maximum atomic E-state index is 12.2. The third-order valence-electron chi connectivity index (χ3n) is 3.92. The van der Waals surface area contributed by atoms with Crippen LogP contribution < -0.4 is 5.32 Å². The largest absolute Gasteiger partial charge is 0.317 e. The number of piperidine rings is 1. The van der Waals surface area contributed by atoms with Gasteiger partial charge in [-0.1, -0.05) is 18.2 Å². The number of hydrogen-bond donors (Lipinski definition) is 1. The first kappa shape index (κ1) is 12.8. The van der Waals surface area contributed by atoms with Crippen LogP contribution in [-0.2, 0) is 11.2 Å². The summed E-state index contributed by atoms with van der Waals surface area (Å²) in [5, 5.41) is 6.75. The molecule has 1 N–H and O–H groups in total. The second-order valence-corrected chi connectivity index (χ2v) is 6.28. The Morgan fingerprint density at radius 1 is 1.26 bits per heavy atom. The highest BCUT2D eigenvalue weighted by molar-refractivity contribution is 7.17. The van der Waals surface area contributed by atoms with Crippen molar-refractivity contribution in [2.24, 2.45) is 5.92 Å². The monoisotopic (exact) mass is 273 g/mol. The average molecular weight is 273 g/mol. The van der Waals surface area contributed by atoms with Gasteiger partial charge in [-0.25, -0.2) is 0 Å². The molecule has 0 bridgehead atoms. The fourth-order valence-electron chi connectivity index (χ4n) is 2.86. The van der Waals surface area contributed by atoms with Gasteiger partial charge in [-0.05, 0) is 54.2 Å². The van der Waals surface area contributed by atoms with Crippen LogP contribution in [0.15, 0.2) is 29.6 Å². The van der Waals surface area contributed by atoms with Crippen LogP contribution >= 0.6 is 11.3 Å². The van der Waals surface area contributed by atoms with Crippen molar-refractivity contribution >= 4 is 27.2 Å². The molecule has 3 heteroatoms. The van der Waals surface area contributed by atoms with Crippen LogP contribution in [0, 0.1) is 5.92 Å². The summed E-state index contributed by atoms with van der Waals surface area (Å²) >= 11 is 1.74. The lowest BCUT2D eigenvalue weighted by Crippen LogP contribution is -2.29. The van der Waals surface area contributed by atoms with Gasteiger partial charge in [0.2, 0.25) is 0 Å². The van der Waals surface area contributed by atoms with E-state index in [1.165, 1.54) is 15.6 Å². The van der Waals surface area contributed by atoms with Crippen molar-refractivity contribution in [3.63, 3.8) is 0 Å². The van der Waals surface area contributed by atoms with E-state index in [0.29, 0.717) is 18.1 Å². The molecular formula is C16H19NOS. The molecular weight excluding hydrogens is 254 g/mol. The molecule has 100 valence electrons. The molecule has 1 aliphatic rings. The number of rotatable bonds is 4. The molecule has 0 saturated carbocycles. The number of fused-ring (bicyclic) bond motifs is 1. The Kier molecular flexibility index (Phi) is 3.95. The Balaban J connectivity index is 1.65. The van der Waals surface area contributed by atoms with Gasteiger partial charge >= 0.3 is 0 Å². The van der Waals surface area contributed by atoms with E-state index in [0.717, 1.165) is 32.4 Å². The molecule has 1 aromatic heterocycles. The molecule has 3 rings (SSSR count). The molecule has 0 atom stereocenters. The number of carbonyl (C=O) groups excluding carboxylic acids is 1. The van der Waals surface area contributed by atoms with Crippen molar-refractivity contribution in [1.29, 1.82) is 0 Å². The molecule has 0 radical (unpaired) electrons. The summed E-state index contributed by atoms with van der Waals surface area (Å²) in [5.41, 5.74) is 1.21. The van der Waals surface area contributed by atoms with E-state index in [1.807, 2.05) is 0 Å². The minimum absolute atomic E-state index is 0.399. The number of Topliss-reactive ketones (excluding diaryl/α,β-unsaturated/α-hetero) is 1. The van der Waals surface area contributed by atoms with E-state index in [1.54, 1.807) is 11.3 Å². The normalized spacial score (nSPS) is 16.8. The molecule has 2 nitrogen and oxygen atoms in total. The molecule has 1 aliphatic heterocycles. The topological polar surface area (TPSA) is 29.1 Å². The van der Waals surface area contributed by atoms with Crippen molar-refractivity contribution in [3.05, 3.63) is 35.2 Å². The predicted octanol–water partition coefficient (Wildman–Crippen LogP) is 3.40. The Morgan fingerprint density at radius 3 is 2.89 bits per heavy atom. The van der Waals surface area contributed by atoms with Crippen molar-refractivity contribution < 1.29 is 4.79 Å². The maximum Gasteiger partial charge on any atom is 0.137 e. The third-order valence-corrected chi connectivity index (χ3v) is 4.94.